The molecule has 0 unspecified atom stereocenters. The molecule has 0 aromatic heterocycles. The van der Waals surface area contributed by atoms with Gasteiger partial charge in [0.05, 0.1) is 11.0 Å². The van der Waals surface area contributed by atoms with E-state index in [4.69, 9.17) is 5.11 Å². The Bertz CT molecular complexity index is 416. The third-order valence-corrected chi connectivity index (χ3v) is 2.45. The summed E-state index contributed by atoms with van der Waals surface area (Å²) in [7, 11) is 0. The molecule has 5 nitrogen and oxygen atoms in total. The summed E-state index contributed by atoms with van der Waals surface area (Å²) < 4.78 is 0.377. The van der Waals surface area contributed by atoms with Crippen molar-refractivity contribution in [2.24, 2.45) is 0 Å². The summed E-state index contributed by atoms with van der Waals surface area (Å²) in [6.07, 6.45) is 0. The molecule has 1 N–H and O–H groups in total. The number of nitro benzene ring substituents is 1. The zero-order chi connectivity index (χ0) is 10.9. The first-order valence-corrected chi connectivity index (χ1v) is 4.69. The summed E-state index contributed by atoms with van der Waals surface area (Å²) >= 11 is 1.77. The van der Waals surface area contributed by atoms with Crippen molar-refractivity contribution in [1.29, 1.82) is 0 Å². The summed E-state index contributed by atoms with van der Waals surface area (Å²) in [4.78, 5) is 21.0. The summed E-state index contributed by atoms with van der Waals surface area (Å²) in [6, 6.07) is 2.28. The van der Waals surface area contributed by atoms with Gasteiger partial charge in [-0.25, -0.2) is 0 Å². The number of hydrogen-bond donors (Lipinski definition) is 1. The van der Waals surface area contributed by atoms with Crippen LogP contribution in [0.5, 0.6) is 5.75 Å². The maximum Gasteiger partial charge on any atom is 0.284 e. The maximum atomic E-state index is 11.1. The monoisotopic (exact) mass is 307 g/mol. The molecule has 0 aliphatic rings. The van der Waals surface area contributed by atoms with E-state index in [1.807, 2.05) is 0 Å². The quantitative estimate of drug-likeness (QED) is 0.393. The number of ketones is 1. The number of nitrogens with zero attached hydrogens (tertiary/aromatic N) is 1. The minimum atomic E-state index is -0.682. The first-order valence-electron chi connectivity index (χ1n) is 3.61. The van der Waals surface area contributed by atoms with E-state index in [9.17, 15) is 14.9 Å². The first-order chi connectivity index (χ1) is 6.43. The van der Waals surface area contributed by atoms with Crippen molar-refractivity contribution in [3.05, 3.63) is 31.4 Å². The van der Waals surface area contributed by atoms with Crippen LogP contribution in [-0.4, -0.2) is 15.8 Å². The minimum Gasteiger partial charge on any atom is -0.508 e. The molecule has 0 amide bonds. The van der Waals surface area contributed by atoms with Gasteiger partial charge in [-0.1, -0.05) is 0 Å². The number of carbonyl (C=O) groups is 1. The van der Waals surface area contributed by atoms with Crippen molar-refractivity contribution in [2.75, 3.05) is 0 Å². The van der Waals surface area contributed by atoms with Gasteiger partial charge in [0.2, 0.25) is 0 Å². The van der Waals surface area contributed by atoms with E-state index < -0.39 is 4.92 Å². The number of halogens is 1. The lowest BCUT2D eigenvalue weighted by Gasteiger charge is -2.02. The Labute approximate surface area is 93.0 Å². The van der Waals surface area contributed by atoms with Crippen molar-refractivity contribution < 1.29 is 14.8 Å². The van der Waals surface area contributed by atoms with Crippen molar-refractivity contribution >= 4 is 34.1 Å². The smallest absolute Gasteiger partial charge is 0.284 e. The van der Waals surface area contributed by atoms with Crippen LogP contribution in [0.4, 0.5) is 5.69 Å². The van der Waals surface area contributed by atoms with Gasteiger partial charge in [0.15, 0.2) is 5.78 Å². The number of phenolic OH excluding ortho intramolecular Hbond substituents is 1. The molecule has 0 bridgehead atoms. The second kappa shape index (κ2) is 3.91. The van der Waals surface area contributed by atoms with E-state index in [1.54, 1.807) is 22.6 Å². The predicted molar refractivity (Wildman–Crippen MR) is 57.5 cm³/mol. The Morgan fingerprint density at radius 1 is 1.57 bits per heavy atom. The fourth-order valence-corrected chi connectivity index (χ4v) is 2.05. The van der Waals surface area contributed by atoms with Crippen LogP contribution in [0.3, 0.4) is 0 Å². The minimum absolute atomic E-state index is 0.0356. The fraction of sp³-hybridized carbons (Fsp3) is 0.125. The van der Waals surface area contributed by atoms with Gasteiger partial charge in [-0.2, -0.15) is 0 Å². The molecule has 0 atom stereocenters. The van der Waals surface area contributed by atoms with Crippen LogP contribution >= 0.6 is 22.6 Å². The number of phenols is 1. The van der Waals surface area contributed by atoms with E-state index in [2.05, 4.69) is 0 Å². The van der Waals surface area contributed by atoms with Gasteiger partial charge in [0.25, 0.3) is 5.69 Å². The zero-order valence-electron chi connectivity index (χ0n) is 7.15. The van der Waals surface area contributed by atoms with Crippen LogP contribution in [-0.2, 0) is 0 Å². The third-order valence-electron chi connectivity index (χ3n) is 1.60. The number of nitro groups is 1. The molecule has 0 aliphatic heterocycles. The fourth-order valence-electron chi connectivity index (χ4n) is 1.07. The highest BCUT2D eigenvalue weighted by molar-refractivity contribution is 14.1. The summed E-state index contributed by atoms with van der Waals surface area (Å²) in [5.74, 6) is -0.604. The van der Waals surface area contributed by atoms with Crippen molar-refractivity contribution in [3.63, 3.8) is 0 Å². The third kappa shape index (κ3) is 2.00. The lowest BCUT2D eigenvalue weighted by molar-refractivity contribution is -0.385. The average Bonchev–Trinajstić information content (AvgIpc) is 2.01. The average molecular weight is 307 g/mol. The highest BCUT2D eigenvalue weighted by atomic mass is 127. The van der Waals surface area contributed by atoms with Crippen LogP contribution in [0.2, 0.25) is 0 Å². The molecule has 0 saturated heterocycles. The molecule has 6 heteroatoms. The Balaban J connectivity index is 3.52. The van der Waals surface area contributed by atoms with Gasteiger partial charge < -0.3 is 5.11 Å². The van der Waals surface area contributed by atoms with Gasteiger partial charge in [-0.3, -0.25) is 14.9 Å². The topological polar surface area (TPSA) is 80.4 Å². The summed E-state index contributed by atoms with van der Waals surface area (Å²) in [5.41, 5.74) is -0.324. The predicted octanol–water partition coefficient (Wildman–Crippen LogP) is 2.11. The maximum absolute atomic E-state index is 11.1. The molecular weight excluding hydrogens is 301 g/mol. The standard InChI is InChI=1S/C8H6INO4/c1-4(11)8-6(9)2-5(12)3-7(8)10(13)14/h2-3,12H,1H3. The molecule has 1 aromatic rings. The van der Waals surface area contributed by atoms with Gasteiger partial charge >= 0.3 is 0 Å². The Morgan fingerprint density at radius 2 is 2.14 bits per heavy atom. The number of benzene rings is 1. The molecule has 74 valence electrons. The van der Waals surface area contributed by atoms with E-state index in [0.717, 1.165) is 6.07 Å². The molecule has 1 rings (SSSR count). The van der Waals surface area contributed by atoms with E-state index in [0.29, 0.717) is 3.57 Å². The Kier molecular flexibility index (Phi) is 3.04. The van der Waals surface area contributed by atoms with Crippen LogP contribution in [0.1, 0.15) is 17.3 Å². The van der Waals surface area contributed by atoms with Crippen molar-refractivity contribution in [3.8, 4) is 5.75 Å². The molecule has 0 aliphatic carbocycles. The first kappa shape index (κ1) is 10.9. The molecule has 0 radical (unpaired) electrons. The normalized spacial score (nSPS) is 9.86. The Morgan fingerprint density at radius 3 is 2.57 bits per heavy atom. The van der Waals surface area contributed by atoms with Gasteiger partial charge in [0, 0.05) is 3.57 Å². The summed E-state index contributed by atoms with van der Waals surface area (Å²) in [5, 5.41) is 19.7. The molecule has 0 saturated carbocycles. The SMILES string of the molecule is CC(=O)c1c(I)cc(O)cc1[N+](=O)[O-]. The van der Waals surface area contributed by atoms with E-state index >= 15 is 0 Å². The lowest BCUT2D eigenvalue weighted by atomic mass is 10.1. The lowest BCUT2D eigenvalue weighted by Crippen LogP contribution is -2.02. The summed E-state index contributed by atoms with van der Waals surface area (Å²) in [6.45, 7) is 1.25. The van der Waals surface area contributed by atoms with E-state index in [-0.39, 0.29) is 22.8 Å². The van der Waals surface area contributed by atoms with E-state index in [1.165, 1.54) is 13.0 Å². The molecule has 1 aromatic carbocycles. The highest BCUT2D eigenvalue weighted by Crippen LogP contribution is 2.29. The molecule has 0 spiro atoms. The molecule has 0 fully saturated rings. The van der Waals surface area contributed by atoms with Gasteiger partial charge in [-0.05, 0) is 35.6 Å². The van der Waals surface area contributed by atoms with Gasteiger partial charge in [-0.15, -0.1) is 0 Å². The van der Waals surface area contributed by atoms with Gasteiger partial charge in [0.1, 0.15) is 11.3 Å². The van der Waals surface area contributed by atoms with Crippen molar-refractivity contribution in [2.45, 2.75) is 6.92 Å². The molecule has 0 heterocycles. The zero-order valence-corrected chi connectivity index (χ0v) is 9.31. The second-order valence-electron chi connectivity index (χ2n) is 2.64. The number of aromatic hydroxyl groups is 1. The van der Waals surface area contributed by atoms with Crippen molar-refractivity contribution in [1.82, 2.24) is 0 Å². The largest absolute Gasteiger partial charge is 0.508 e. The van der Waals surface area contributed by atoms with Crippen LogP contribution < -0.4 is 0 Å². The number of Topliss-reactive ketones (excluding diaryl/α,β-unsaturated/α-hetero) is 1. The number of rotatable bonds is 2. The second-order valence-corrected chi connectivity index (χ2v) is 3.80. The molecule has 14 heavy (non-hydrogen) atoms. The van der Waals surface area contributed by atoms with Crippen LogP contribution in [0.25, 0.3) is 0 Å². The van der Waals surface area contributed by atoms with Crippen LogP contribution in [0.15, 0.2) is 12.1 Å². The molecular formula is C8H6INO4. The Hall–Kier alpha value is -1.18. The highest BCUT2D eigenvalue weighted by Gasteiger charge is 2.21. The number of carbonyl (C=O) groups excluding carboxylic acids is 1. The van der Waals surface area contributed by atoms with Crippen LogP contribution in [0, 0.1) is 13.7 Å². The number of hydrogen-bond acceptors (Lipinski definition) is 4.